The molecule has 4 rings (SSSR count). The number of aromatic nitrogens is 3. The van der Waals surface area contributed by atoms with Crippen LogP contribution in [0.1, 0.15) is 42.1 Å². The molecule has 2 heterocycles. The highest BCUT2D eigenvalue weighted by Crippen LogP contribution is 2.28. The number of aryl methyl sites for hydroxylation is 1. The van der Waals surface area contributed by atoms with Crippen LogP contribution in [0.5, 0.6) is 0 Å². The summed E-state index contributed by atoms with van der Waals surface area (Å²) < 4.78 is 1.69. The molecule has 138 valence electrons. The number of rotatable bonds is 5. The van der Waals surface area contributed by atoms with Crippen molar-refractivity contribution in [3.05, 3.63) is 40.9 Å². The molecule has 1 saturated carbocycles. The van der Waals surface area contributed by atoms with Crippen LogP contribution in [0.2, 0.25) is 5.02 Å². The van der Waals surface area contributed by atoms with E-state index in [0.717, 1.165) is 44.1 Å². The molecule has 0 bridgehead atoms. The molecule has 1 N–H and O–H groups in total. The molecule has 1 aromatic carbocycles. The van der Waals surface area contributed by atoms with Crippen molar-refractivity contribution < 1.29 is 4.79 Å². The summed E-state index contributed by atoms with van der Waals surface area (Å²) in [4.78, 5) is 19.0. The smallest absolute Gasteiger partial charge is 0.293 e. The number of hydrogen-bond donors (Lipinski definition) is 1. The van der Waals surface area contributed by atoms with Crippen molar-refractivity contribution in [2.75, 3.05) is 19.6 Å². The molecule has 0 spiro atoms. The van der Waals surface area contributed by atoms with Crippen LogP contribution in [-0.4, -0.2) is 51.2 Å². The Hall–Kier alpha value is -1.92. The maximum absolute atomic E-state index is 12.8. The van der Waals surface area contributed by atoms with Crippen LogP contribution in [-0.2, 0) is 0 Å². The highest BCUT2D eigenvalue weighted by atomic mass is 35.5. The molecule has 1 amide bonds. The Bertz CT molecular complexity index is 776. The number of nitrogens with one attached hydrogen (secondary N) is 1. The predicted molar refractivity (Wildman–Crippen MR) is 101 cm³/mol. The van der Waals surface area contributed by atoms with E-state index in [1.54, 1.807) is 16.8 Å². The molecular formula is C19H24ClN5O. The number of amides is 1. The van der Waals surface area contributed by atoms with Gasteiger partial charge in [-0.05, 0) is 69.3 Å². The summed E-state index contributed by atoms with van der Waals surface area (Å²) in [5, 5.41) is 8.73. The highest BCUT2D eigenvalue weighted by Gasteiger charge is 2.28. The summed E-state index contributed by atoms with van der Waals surface area (Å²) in [6.07, 6.45) is 4.72. The predicted octanol–water partition coefficient (Wildman–Crippen LogP) is 2.83. The maximum atomic E-state index is 12.8. The van der Waals surface area contributed by atoms with Gasteiger partial charge in [-0.1, -0.05) is 11.6 Å². The number of carbonyl (C=O) groups is 1. The number of nitrogens with zero attached hydrogens (tertiary/aromatic N) is 4. The molecule has 1 saturated heterocycles. The van der Waals surface area contributed by atoms with Crippen LogP contribution in [0.3, 0.4) is 0 Å². The minimum atomic E-state index is -0.0820. The van der Waals surface area contributed by atoms with E-state index in [1.165, 1.54) is 12.8 Å². The van der Waals surface area contributed by atoms with Crippen LogP contribution in [0.15, 0.2) is 24.3 Å². The highest BCUT2D eigenvalue weighted by molar-refractivity contribution is 6.30. The zero-order chi connectivity index (χ0) is 18.1. The van der Waals surface area contributed by atoms with Crippen LogP contribution in [0.4, 0.5) is 0 Å². The van der Waals surface area contributed by atoms with E-state index < -0.39 is 0 Å². The van der Waals surface area contributed by atoms with Crippen LogP contribution >= 0.6 is 11.6 Å². The lowest BCUT2D eigenvalue weighted by atomic mass is 10.0. The van der Waals surface area contributed by atoms with Crippen molar-refractivity contribution in [3.63, 3.8) is 0 Å². The number of piperidine rings is 1. The average Bonchev–Trinajstić information content (AvgIpc) is 3.41. The minimum Gasteiger partial charge on any atom is -0.336 e. The number of likely N-dealkylation sites (tertiary alicyclic amines) is 1. The van der Waals surface area contributed by atoms with Gasteiger partial charge in [0.25, 0.3) is 5.91 Å². The lowest BCUT2D eigenvalue weighted by Crippen LogP contribution is -2.45. The van der Waals surface area contributed by atoms with Gasteiger partial charge >= 0.3 is 0 Å². The van der Waals surface area contributed by atoms with E-state index in [0.29, 0.717) is 16.9 Å². The zero-order valence-electron chi connectivity index (χ0n) is 15.0. The normalized spacial score (nSPS) is 18.3. The first-order valence-electron chi connectivity index (χ1n) is 9.32. The number of halogens is 1. The van der Waals surface area contributed by atoms with Gasteiger partial charge in [0.2, 0.25) is 5.82 Å². The Morgan fingerprint density at radius 2 is 1.88 bits per heavy atom. The summed E-state index contributed by atoms with van der Waals surface area (Å²) in [7, 11) is 0. The summed E-state index contributed by atoms with van der Waals surface area (Å²) in [5.74, 6) is 1.76. The Balaban J connectivity index is 1.39. The molecule has 6 nitrogen and oxygen atoms in total. The third-order valence-electron chi connectivity index (χ3n) is 5.21. The largest absolute Gasteiger partial charge is 0.336 e. The van der Waals surface area contributed by atoms with Crippen molar-refractivity contribution >= 4 is 17.5 Å². The summed E-state index contributed by atoms with van der Waals surface area (Å²) in [6.45, 7) is 4.50. The van der Waals surface area contributed by atoms with Gasteiger partial charge in [0, 0.05) is 24.2 Å². The quantitative estimate of drug-likeness (QED) is 0.875. The van der Waals surface area contributed by atoms with Crippen molar-refractivity contribution in [2.24, 2.45) is 5.92 Å². The van der Waals surface area contributed by atoms with E-state index >= 15 is 0 Å². The lowest BCUT2D eigenvalue weighted by molar-refractivity contribution is 0.0692. The molecule has 7 heteroatoms. The first kappa shape index (κ1) is 17.5. The first-order valence-corrected chi connectivity index (χ1v) is 9.70. The Morgan fingerprint density at radius 1 is 1.19 bits per heavy atom. The van der Waals surface area contributed by atoms with E-state index in [2.05, 4.69) is 15.4 Å². The molecule has 1 aliphatic carbocycles. The minimum absolute atomic E-state index is 0.0820. The van der Waals surface area contributed by atoms with E-state index in [-0.39, 0.29) is 11.7 Å². The van der Waals surface area contributed by atoms with Gasteiger partial charge in [0.05, 0.1) is 5.69 Å². The third-order valence-corrected chi connectivity index (χ3v) is 5.46. The SMILES string of the molecule is Cc1nc(C(=O)N2CCC(NCC3CC3)CC2)nn1-c1ccc(Cl)cc1. The van der Waals surface area contributed by atoms with Crippen molar-refractivity contribution in [2.45, 2.75) is 38.6 Å². The van der Waals surface area contributed by atoms with Crippen molar-refractivity contribution in [1.82, 2.24) is 25.0 Å². The Kier molecular flexibility index (Phi) is 4.96. The number of benzene rings is 1. The standard InChI is InChI=1S/C19H24ClN5O/c1-13-22-18(23-25(13)17-6-4-15(20)5-7-17)19(26)24-10-8-16(9-11-24)21-12-14-2-3-14/h4-7,14,16,21H,2-3,8-12H2,1H3. The molecule has 1 aromatic heterocycles. The molecule has 1 aliphatic heterocycles. The average molecular weight is 374 g/mol. The molecule has 2 aliphatic rings. The van der Waals surface area contributed by atoms with Crippen LogP contribution in [0, 0.1) is 12.8 Å². The van der Waals surface area contributed by atoms with E-state index in [9.17, 15) is 4.79 Å². The Morgan fingerprint density at radius 3 is 2.54 bits per heavy atom. The Labute approximate surface area is 158 Å². The van der Waals surface area contributed by atoms with Crippen molar-refractivity contribution in [3.8, 4) is 5.69 Å². The summed E-state index contributed by atoms with van der Waals surface area (Å²) in [6, 6.07) is 7.88. The topological polar surface area (TPSA) is 63.1 Å². The van der Waals surface area contributed by atoms with Crippen LogP contribution < -0.4 is 5.32 Å². The number of hydrogen-bond acceptors (Lipinski definition) is 4. The van der Waals surface area contributed by atoms with Gasteiger partial charge in [-0.15, -0.1) is 5.10 Å². The molecular weight excluding hydrogens is 350 g/mol. The van der Waals surface area contributed by atoms with Gasteiger partial charge in [-0.25, -0.2) is 9.67 Å². The second-order valence-corrected chi connectivity index (χ2v) is 7.73. The fraction of sp³-hybridized carbons (Fsp3) is 0.526. The summed E-state index contributed by atoms with van der Waals surface area (Å²) >= 11 is 5.94. The second kappa shape index (κ2) is 7.37. The molecule has 0 radical (unpaired) electrons. The van der Waals surface area contributed by atoms with Gasteiger partial charge in [0.1, 0.15) is 5.82 Å². The van der Waals surface area contributed by atoms with Gasteiger partial charge in [-0.3, -0.25) is 4.79 Å². The molecule has 26 heavy (non-hydrogen) atoms. The monoisotopic (exact) mass is 373 g/mol. The molecule has 2 fully saturated rings. The maximum Gasteiger partial charge on any atom is 0.293 e. The van der Waals surface area contributed by atoms with Crippen LogP contribution in [0.25, 0.3) is 5.69 Å². The third kappa shape index (κ3) is 3.91. The first-order chi connectivity index (χ1) is 12.6. The van der Waals surface area contributed by atoms with E-state index in [1.807, 2.05) is 24.0 Å². The molecule has 0 atom stereocenters. The van der Waals surface area contributed by atoms with Crippen molar-refractivity contribution in [1.29, 1.82) is 0 Å². The number of carbonyl (C=O) groups excluding carboxylic acids is 1. The summed E-state index contributed by atoms with van der Waals surface area (Å²) in [5.41, 5.74) is 0.849. The second-order valence-electron chi connectivity index (χ2n) is 7.29. The zero-order valence-corrected chi connectivity index (χ0v) is 15.7. The van der Waals surface area contributed by atoms with Gasteiger partial charge in [0.15, 0.2) is 0 Å². The molecule has 0 unspecified atom stereocenters. The van der Waals surface area contributed by atoms with E-state index in [4.69, 9.17) is 11.6 Å². The van der Waals surface area contributed by atoms with Gasteiger partial charge in [-0.2, -0.15) is 0 Å². The van der Waals surface area contributed by atoms with Gasteiger partial charge < -0.3 is 10.2 Å². The molecule has 2 aromatic rings. The fourth-order valence-corrected chi connectivity index (χ4v) is 3.52. The lowest BCUT2D eigenvalue weighted by Gasteiger charge is -2.31. The fourth-order valence-electron chi connectivity index (χ4n) is 3.39.